The molecule has 4 aromatic rings. The molecule has 0 radical (unpaired) electrons. The average Bonchev–Trinajstić information content (AvgIpc) is 3.47. The molecule has 1 saturated heterocycles. The monoisotopic (exact) mass is 478 g/mol. The predicted octanol–water partition coefficient (Wildman–Crippen LogP) is 2.81. The van der Waals surface area contributed by atoms with Gasteiger partial charge in [0.05, 0.1) is 74.8 Å². The summed E-state index contributed by atoms with van der Waals surface area (Å²) in [6.45, 7) is 8.56. The molecule has 0 saturated carbocycles. The zero-order valence-electron chi connectivity index (χ0n) is 20.1. The zero-order chi connectivity index (χ0) is 23.7. The normalized spacial score (nSPS) is 18.5. The second kappa shape index (κ2) is 12.2. The molecular weight excluding hydrogens is 444 g/mol. The lowest BCUT2D eigenvalue weighted by Crippen LogP contribution is -2.33. The number of aromatic amines is 2. The number of hydrogen-bond donors (Lipinski definition) is 2. The topological polar surface area (TPSA) is 91.5 Å². The SMILES string of the molecule is c1ccc2[nH]c(CN3CCOCCOCCN(Cc4nc5ccccc5[nH]4)CCOCC3)nc2c1. The van der Waals surface area contributed by atoms with Gasteiger partial charge in [0.25, 0.3) is 0 Å². The molecule has 1 aliphatic heterocycles. The van der Waals surface area contributed by atoms with Gasteiger partial charge in [-0.2, -0.15) is 0 Å². The smallest absolute Gasteiger partial charge is 0.121 e. The van der Waals surface area contributed by atoms with E-state index in [1.54, 1.807) is 0 Å². The number of benzene rings is 2. The molecule has 1 fully saturated rings. The Kier molecular flexibility index (Phi) is 8.35. The van der Waals surface area contributed by atoms with E-state index in [1.165, 1.54) is 0 Å². The Labute approximate surface area is 205 Å². The van der Waals surface area contributed by atoms with Crippen LogP contribution in [0.1, 0.15) is 11.6 Å². The molecule has 0 unspecified atom stereocenters. The van der Waals surface area contributed by atoms with Crippen LogP contribution < -0.4 is 0 Å². The Balaban J connectivity index is 1.16. The first kappa shape index (κ1) is 23.9. The average molecular weight is 479 g/mol. The molecule has 5 rings (SSSR count). The third-order valence-electron chi connectivity index (χ3n) is 6.20. The lowest BCUT2D eigenvalue weighted by molar-refractivity contribution is 0.0307. The molecule has 186 valence electrons. The van der Waals surface area contributed by atoms with Gasteiger partial charge in [0.1, 0.15) is 11.6 Å². The summed E-state index contributed by atoms with van der Waals surface area (Å²) < 4.78 is 17.7. The Bertz CT molecular complexity index is 1030. The number of H-pyrrole nitrogens is 2. The van der Waals surface area contributed by atoms with Crippen molar-refractivity contribution in [3.8, 4) is 0 Å². The van der Waals surface area contributed by atoms with Gasteiger partial charge >= 0.3 is 0 Å². The molecule has 35 heavy (non-hydrogen) atoms. The molecule has 0 spiro atoms. The van der Waals surface area contributed by atoms with Crippen molar-refractivity contribution in [3.63, 3.8) is 0 Å². The summed E-state index contributed by atoms with van der Waals surface area (Å²) in [6, 6.07) is 16.2. The summed E-state index contributed by atoms with van der Waals surface area (Å²) in [5.41, 5.74) is 4.12. The van der Waals surface area contributed by atoms with Crippen molar-refractivity contribution in [3.05, 3.63) is 60.2 Å². The van der Waals surface area contributed by atoms with Crippen molar-refractivity contribution in [1.29, 1.82) is 0 Å². The second-order valence-corrected chi connectivity index (χ2v) is 8.79. The maximum atomic E-state index is 6.04. The minimum Gasteiger partial charge on any atom is -0.379 e. The Hall–Kier alpha value is -2.82. The maximum absolute atomic E-state index is 6.04. The van der Waals surface area contributed by atoms with Crippen LogP contribution in [0.5, 0.6) is 0 Å². The minimum atomic E-state index is 0.596. The van der Waals surface area contributed by atoms with Crippen LogP contribution in [0, 0.1) is 0 Å². The third kappa shape index (κ3) is 6.87. The molecule has 3 heterocycles. The van der Waals surface area contributed by atoms with Crippen molar-refractivity contribution in [1.82, 2.24) is 29.7 Å². The lowest BCUT2D eigenvalue weighted by atomic mass is 10.3. The quantitative estimate of drug-likeness (QED) is 0.466. The molecule has 0 atom stereocenters. The summed E-state index contributed by atoms with van der Waals surface area (Å²) in [5.74, 6) is 1.92. The van der Waals surface area contributed by atoms with Gasteiger partial charge in [-0.3, -0.25) is 9.80 Å². The lowest BCUT2D eigenvalue weighted by Gasteiger charge is -2.22. The highest BCUT2D eigenvalue weighted by Gasteiger charge is 2.13. The van der Waals surface area contributed by atoms with E-state index in [9.17, 15) is 0 Å². The highest BCUT2D eigenvalue weighted by molar-refractivity contribution is 5.75. The summed E-state index contributed by atoms with van der Waals surface area (Å²) in [4.78, 5) is 21.0. The fraction of sp³-hybridized carbons (Fsp3) is 0.462. The van der Waals surface area contributed by atoms with Gasteiger partial charge in [-0.15, -0.1) is 0 Å². The van der Waals surface area contributed by atoms with Crippen molar-refractivity contribution < 1.29 is 14.2 Å². The molecular formula is C26H34N6O3. The molecule has 2 aromatic heterocycles. The van der Waals surface area contributed by atoms with Crippen LogP contribution in [0.25, 0.3) is 22.1 Å². The van der Waals surface area contributed by atoms with Gasteiger partial charge in [-0.1, -0.05) is 24.3 Å². The Morgan fingerprint density at radius 2 is 0.971 bits per heavy atom. The second-order valence-electron chi connectivity index (χ2n) is 8.79. The van der Waals surface area contributed by atoms with Gasteiger partial charge in [0.15, 0.2) is 0 Å². The number of imidazole rings is 2. The van der Waals surface area contributed by atoms with Gasteiger partial charge in [0.2, 0.25) is 0 Å². The first-order valence-corrected chi connectivity index (χ1v) is 12.4. The molecule has 0 amide bonds. The van der Waals surface area contributed by atoms with E-state index in [4.69, 9.17) is 24.2 Å². The fourth-order valence-electron chi connectivity index (χ4n) is 4.32. The van der Waals surface area contributed by atoms with Gasteiger partial charge in [-0.25, -0.2) is 9.97 Å². The van der Waals surface area contributed by atoms with Crippen LogP contribution in [0.15, 0.2) is 48.5 Å². The van der Waals surface area contributed by atoms with Crippen molar-refractivity contribution >= 4 is 22.1 Å². The van der Waals surface area contributed by atoms with Crippen molar-refractivity contribution in [2.45, 2.75) is 13.1 Å². The van der Waals surface area contributed by atoms with Crippen LogP contribution in [-0.4, -0.2) is 95.6 Å². The van der Waals surface area contributed by atoms with Crippen LogP contribution >= 0.6 is 0 Å². The summed E-state index contributed by atoms with van der Waals surface area (Å²) >= 11 is 0. The van der Waals surface area contributed by atoms with Crippen molar-refractivity contribution in [2.75, 3.05) is 65.8 Å². The molecule has 2 aromatic carbocycles. The van der Waals surface area contributed by atoms with Gasteiger partial charge < -0.3 is 24.2 Å². The molecule has 0 bridgehead atoms. The number of fused-ring (bicyclic) bond motifs is 2. The van der Waals surface area contributed by atoms with E-state index < -0.39 is 0 Å². The minimum absolute atomic E-state index is 0.596. The number of hydrogen-bond acceptors (Lipinski definition) is 7. The zero-order valence-corrected chi connectivity index (χ0v) is 20.1. The van der Waals surface area contributed by atoms with Crippen LogP contribution in [-0.2, 0) is 27.3 Å². The van der Waals surface area contributed by atoms with E-state index >= 15 is 0 Å². The third-order valence-corrected chi connectivity index (χ3v) is 6.20. The van der Waals surface area contributed by atoms with Crippen LogP contribution in [0.3, 0.4) is 0 Å². The van der Waals surface area contributed by atoms with Crippen LogP contribution in [0.2, 0.25) is 0 Å². The molecule has 0 aliphatic carbocycles. The molecule has 9 nitrogen and oxygen atoms in total. The fourth-order valence-corrected chi connectivity index (χ4v) is 4.32. The Morgan fingerprint density at radius 1 is 0.571 bits per heavy atom. The maximum Gasteiger partial charge on any atom is 0.121 e. The standard InChI is InChI=1S/C26H34N6O3/c1-2-6-22-21(5-1)27-25(28-22)19-31-9-13-33-14-10-32(12-16-35-18-17-34-15-11-31)20-26-29-23-7-3-4-8-24(23)30-26/h1-8H,9-20H2,(H,27,28)(H,29,30). The van der Waals surface area contributed by atoms with E-state index in [0.717, 1.165) is 73.0 Å². The van der Waals surface area contributed by atoms with E-state index in [0.29, 0.717) is 39.6 Å². The van der Waals surface area contributed by atoms with Crippen LogP contribution in [0.4, 0.5) is 0 Å². The first-order valence-electron chi connectivity index (χ1n) is 12.4. The summed E-state index contributed by atoms with van der Waals surface area (Å²) in [6.07, 6.45) is 0. The number of nitrogens with zero attached hydrogens (tertiary/aromatic N) is 4. The molecule has 2 N–H and O–H groups in total. The number of ether oxygens (including phenoxy) is 3. The highest BCUT2D eigenvalue weighted by Crippen LogP contribution is 2.13. The predicted molar refractivity (Wildman–Crippen MR) is 135 cm³/mol. The molecule has 1 aliphatic rings. The Morgan fingerprint density at radius 3 is 1.40 bits per heavy atom. The number of para-hydroxylation sites is 4. The van der Waals surface area contributed by atoms with Gasteiger partial charge in [0, 0.05) is 26.2 Å². The largest absolute Gasteiger partial charge is 0.379 e. The first-order chi connectivity index (χ1) is 17.3. The molecule has 9 heteroatoms. The summed E-state index contributed by atoms with van der Waals surface area (Å²) in [7, 11) is 0. The summed E-state index contributed by atoms with van der Waals surface area (Å²) in [5, 5.41) is 0. The van der Waals surface area contributed by atoms with Gasteiger partial charge in [-0.05, 0) is 24.3 Å². The number of aromatic nitrogens is 4. The van der Waals surface area contributed by atoms with E-state index in [-0.39, 0.29) is 0 Å². The van der Waals surface area contributed by atoms with Crippen molar-refractivity contribution in [2.24, 2.45) is 0 Å². The van der Waals surface area contributed by atoms with E-state index in [1.807, 2.05) is 36.4 Å². The number of nitrogens with one attached hydrogen (secondary N) is 2. The van der Waals surface area contributed by atoms with E-state index in [2.05, 4.69) is 31.9 Å². The highest BCUT2D eigenvalue weighted by atomic mass is 16.5. The number of rotatable bonds is 4.